The number of imide groups is 1. The number of rotatable bonds is 22. The van der Waals surface area contributed by atoms with Gasteiger partial charge in [0, 0.05) is 94.7 Å². The lowest BCUT2D eigenvalue weighted by Gasteiger charge is -2.28. The number of likely N-dealkylation sites (tertiary alicyclic amines) is 1. The number of urea groups is 1. The molecule has 3 aliphatic rings. The monoisotopic (exact) mass is 863 g/mol. The molecule has 5 rings (SSSR count). The van der Waals surface area contributed by atoms with Crippen LogP contribution in [0.5, 0.6) is 0 Å². The summed E-state index contributed by atoms with van der Waals surface area (Å²) in [6, 6.07) is 7.91. The third-order valence-electron chi connectivity index (χ3n) is 10.6. The molecule has 19 nitrogen and oxygen atoms in total. The second-order valence-corrected chi connectivity index (χ2v) is 16.6. The first-order valence-electron chi connectivity index (χ1n) is 20.4. The molecule has 0 saturated carbocycles. The number of amides is 7. The van der Waals surface area contributed by atoms with Crippen LogP contribution in [0.4, 0.5) is 10.5 Å². The van der Waals surface area contributed by atoms with Crippen molar-refractivity contribution in [2.24, 2.45) is 22.7 Å². The Morgan fingerprint density at radius 1 is 0.869 bits per heavy atom. The fourth-order valence-corrected chi connectivity index (χ4v) is 8.19. The van der Waals surface area contributed by atoms with E-state index in [0.717, 1.165) is 39.1 Å². The SMILES string of the molecule is CC1CC(=O)N(CCCCNC(=O)C[C@H](CNC(=O)CCCCCN2C(=O)CC(SC[C@H](N)C(=O)O)C2=O)C(=O)O)N=C1c1ccc(NC(=O)N2Cc3ccncc3C2)cc1. The third-order valence-corrected chi connectivity index (χ3v) is 12.0. The summed E-state index contributed by atoms with van der Waals surface area (Å²) in [6.45, 7) is 3.48. The van der Waals surface area contributed by atoms with E-state index in [1.807, 2.05) is 25.1 Å². The molecule has 1 aromatic carbocycles. The minimum Gasteiger partial charge on any atom is -0.481 e. The lowest BCUT2D eigenvalue weighted by atomic mass is 9.93. The summed E-state index contributed by atoms with van der Waals surface area (Å²) in [7, 11) is 0. The number of nitrogens with one attached hydrogen (secondary N) is 3. The number of carbonyl (C=O) groups excluding carboxylic acids is 6. The van der Waals surface area contributed by atoms with Crippen molar-refractivity contribution >= 4 is 70.7 Å². The molecule has 61 heavy (non-hydrogen) atoms. The molecule has 0 radical (unpaired) electrons. The highest BCUT2D eigenvalue weighted by Crippen LogP contribution is 2.27. The van der Waals surface area contributed by atoms with Gasteiger partial charge in [-0.1, -0.05) is 25.5 Å². The molecule has 7 N–H and O–H groups in total. The largest absolute Gasteiger partial charge is 0.481 e. The van der Waals surface area contributed by atoms with Gasteiger partial charge in [-0.2, -0.15) is 5.10 Å². The minimum absolute atomic E-state index is 0.00884. The number of hydrogen-bond donors (Lipinski definition) is 6. The molecule has 1 fully saturated rings. The van der Waals surface area contributed by atoms with Gasteiger partial charge < -0.3 is 36.8 Å². The Hall–Kier alpha value is -5.89. The van der Waals surface area contributed by atoms with E-state index in [-0.39, 0.29) is 86.6 Å². The Labute approximate surface area is 357 Å². The quantitative estimate of drug-likeness (QED) is 0.0733. The first kappa shape index (κ1) is 46.2. The van der Waals surface area contributed by atoms with Gasteiger partial charge >= 0.3 is 18.0 Å². The molecule has 20 heteroatoms. The summed E-state index contributed by atoms with van der Waals surface area (Å²) in [5.74, 6) is -5.36. The van der Waals surface area contributed by atoms with Gasteiger partial charge in [-0.25, -0.2) is 9.80 Å². The van der Waals surface area contributed by atoms with Crippen molar-refractivity contribution in [2.75, 3.05) is 37.2 Å². The molecule has 4 atom stereocenters. The van der Waals surface area contributed by atoms with Crippen LogP contribution >= 0.6 is 11.8 Å². The molecule has 1 saturated heterocycles. The van der Waals surface area contributed by atoms with E-state index >= 15 is 0 Å². The van der Waals surface area contributed by atoms with Crippen LogP contribution in [0.1, 0.15) is 81.4 Å². The standard InChI is InChI=1S/C41H53N9O10S/c1-25-17-36(54)50(47-37(25)26-8-10-30(11-9-26)46-41(60)48-22-27-12-14-43-20-29(27)23-48)16-6-4-13-44-34(52)18-28(39(56)57)21-45-33(51)7-3-2-5-15-49-35(53)19-32(38(49)55)61-24-31(42)40(58)59/h8-12,14,20,25,28,31-32H,2-7,13,15-19,21-24,42H2,1H3,(H,44,52)(H,45,51)(H,46,60)(H,56,57)(H,58,59)/t25?,28-,31+,32?/m1/s1. The predicted octanol–water partition coefficient (Wildman–Crippen LogP) is 2.14. The van der Waals surface area contributed by atoms with Crippen LogP contribution in [0.25, 0.3) is 0 Å². The number of aromatic nitrogens is 1. The maximum Gasteiger partial charge on any atom is 0.322 e. The van der Waals surface area contributed by atoms with Gasteiger partial charge in [0.1, 0.15) is 6.04 Å². The Bertz CT molecular complexity index is 1970. The number of fused-ring (bicyclic) bond motifs is 1. The molecule has 2 unspecified atom stereocenters. The summed E-state index contributed by atoms with van der Waals surface area (Å²) in [5, 5.41) is 32.2. The van der Waals surface area contributed by atoms with Crippen LogP contribution in [-0.4, -0.2) is 126 Å². The number of carbonyl (C=O) groups is 8. The summed E-state index contributed by atoms with van der Waals surface area (Å²) >= 11 is 1.05. The molecule has 0 bridgehead atoms. The average molecular weight is 864 g/mol. The van der Waals surface area contributed by atoms with Gasteiger partial charge in [0.25, 0.3) is 0 Å². The first-order valence-corrected chi connectivity index (χ1v) is 21.4. The van der Waals surface area contributed by atoms with Crippen LogP contribution in [0, 0.1) is 11.8 Å². The van der Waals surface area contributed by atoms with Crippen molar-refractivity contribution in [3.05, 3.63) is 59.4 Å². The van der Waals surface area contributed by atoms with Crippen molar-refractivity contribution in [2.45, 2.75) is 89.1 Å². The van der Waals surface area contributed by atoms with Crippen molar-refractivity contribution in [3.63, 3.8) is 0 Å². The number of anilines is 1. The van der Waals surface area contributed by atoms with Gasteiger partial charge in [0.05, 0.1) is 16.9 Å². The van der Waals surface area contributed by atoms with Crippen LogP contribution in [-0.2, 0) is 46.7 Å². The summed E-state index contributed by atoms with van der Waals surface area (Å²) in [4.78, 5) is 105. The number of benzene rings is 1. The Kier molecular flexibility index (Phi) is 16.7. The topological polar surface area (TPSA) is 274 Å². The second kappa shape index (κ2) is 22.1. The number of carboxylic acid groups (broad SMARTS) is 2. The van der Waals surface area contributed by atoms with Crippen LogP contribution in [0.2, 0.25) is 0 Å². The van der Waals surface area contributed by atoms with Gasteiger partial charge in [-0.3, -0.25) is 43.4 Å². The Balaban J connectivity index is 0.951. The van der Waals surface area contributed by atoms with Crippen molar-refractivity contribution in [1.82, 2.24) is 30.4 Å². The molecule has 0 spiro atoms. The van der Waals surface area contributed by atoms with Gasteiger partial charge in [0.2, 0.25) is 29.5 Å². The number of aliphatic carboxylic acids is 2. The zero-order chi connectivity index (χ0) is 44.1. The molecule has 2 aromatic rings. The van der Waals surface area contributed by atoms with Gasteiger partial charge in [0.15, 0.2) is 0 Å². The van der Waals surface area contributed by atoms with E-state index in [1.54, 1.807) is 29.4 Å². The van der Waals surface area contributed by atoms with E-state index in [9.17, 15) is 43.5 Å². The van der Waals surface area contributed by atoms with Crippen molar-refractivity contribution in [1.29, 1.82) is 0 Å². The second-order valence-electron chi connectivity index (χ2n) is 15.4. The fraction of sp³-hybridized carbons (Fsp3) is 0.512. The van der Waals surface area contributed by atoms with E-state index in [2.05, 4.69) is 26.0 Å². The molecule has 3 aliphatic heterocycles. The fourth-order valence-electron chi connectivity index (χ4n) is 7.08. The van der Waals surface area contributed by atoms with E-state index in [0.29, 0.717) is 57.4 Å². The van der Waals surface area contributed by atoms with Gasteiger partial charge in [-0.15, -0.1) is 11.8 Å². The van der Waals surface area contributed by atoms with E-state index in [4.69, 9.17) is 10.8 Å². The first-order chi connectivity index (χ1) is 29.2. The summed E-state index contributed by atoms with van der Waals surface area (Å²) < 4.78 is 0. The van der Waals surface area contributed by atoms with Gasteiger partial charge in [-0.05, 0) is 60.6 Å². The third kappa shape index (κ3) is 13.3. The molecule has 0 aliphatic carbocycles. The zero-order valence-electron chi connectivity index (χ0n) is 34.0. The molecule has 4 heterocycles. The Morgan fingerprint density at radius 2 is 1.61 bits per heavy atom. The predicted molar refractivity (Wildman–Crippen MR) is 224 cm³/mol. The molecule has 7 amide bonds. The van der Waals surface area contributed by atoms with Crippen molar-refractivity contribution in [3.8, 4) is 0 Å². The Morgan fingerprint density at radius 3 is 2.33 bits per heavy atom. The lowest BCUT2D eigenvalue weighted by Crippen LogP contribution is -2.37. The summed E-state index contributed by atoms with van der Waals surface area (Å²) in [6.07, 6.45) is 5.98. The smallest absolute Gasteiger partial charge is 0.322 e. The van der Waals surface area contributed by atoms with E-state index < -0.39 is 35.1 Å². The molecule has 328 valence electrons. The molecular weight excluding hydrogens is 811 g/mol. The number of nitrogens with zero attached hydrogens (tertiary/aromatic N) is 5. The van der Waals surface area contributed by atoms with E-state index in [1.165, 1.54) is 5.01 Å². The molecule has 1 aromatic heterocycles. The highest BCUT2D eigenvalue weighted by atomic mass is 32.2. The normalized spacial score (nSPS) is 18.4. The number of carboxylic acids is 2. The average Bonchev–Trinajstić information content (AvgIpc) is 3.78. The number of nitrogens with two attached hydrogens (primary N) is 1. The van der Waals surface area contributed by atoms with Crippen molar-refractivity contribution < 1.29 is 48.6 Å². The minimum atomic E-state index is -1.23. The highest BCUT2D eigenvalue weighted by Gasteiger charge is 2.39. The number of unbranched alkanes of at least 4 members (excludes halogenated alkanes) is 3. The van der Waals surface area contributed by atoms with Crippen LogP contribution in [0.3, 0.4) is 0 Å². The lowest BCUT2D eigenvalue weighted by molar-refractivity contribution is -0.144. The van der Waals surface area contributed by atoms with Crippen LogP contribution < -0.4 is 21.7 Å². The number of pyridine rings is 1. The number of hydrazone groups is 1. The zero-order valence-corrected chi connectivity index (χ0v) is 34.9. The number of hydrogen-bond acceptors (Lipinski definition) is 12. The maximum absolute atomic E-state index is 12.9. The molecular formula is C41H53N9O10S. The summed E-state index contributed by atoms with van der Waals surface area (Å²) in [5.41, 5.74) is 9.81. The number of thioether (sulfide) groups is 1. The van der Waals surface area contributed by atoms with Crippen LogP contribution in [0.15, 0.2) is 47.8 Å². The highest BCUT2D eigenvalue weighted by molar-refractivity contribution is 8.00. The maximum atomic E-state index is 12.9.